The molecular formula is C14H20N4. The van der Waals surface area contributed by atoms with Crippen molar-refractivity contribution in [3.8, 4) is 0 Å². The van der Waals surface area contributed by atoms with Crippen molar-refractivity contribution in [2.24, 2.45) is 0 Å². The summed E-state index contributed by atoms with van der Waals surface area (Å²) in [4.78, 5) is 9.19. The zero-order valence-electron chi connectivity index (χ0n) is 11.3. The quantitative estimate of drug-likeness (QED) is 0.834. The second kappa shape index (κ2) is 4.05. The molecule has 0 saturated carbocycles. The van der Waals surface area contributed by atoms with Crippen LogP contribution in [0.3, 0.4) is 0 Å². The molecule has 4 heteroatoms. The summed E-state index contributed by atoms with van der Waals surface area (Å²) in [5, 5.41) is 3.48. The summed E-state index contributed by atoms with van der Waals surface area (Å²) in [5.74, 6) is 2.04. The molecule has 1 aliphatic rings. The lowest BCUT2D eigenvalue weighted by Crippen LogP contribution is -2.41. The molecule has 1 atom stereocenters. The van der Waals surface area contributed by atoms with Crippen LogP contribution in [0.15, 0.2) is 12.3 Å². The minimum absolute atomic E-state index is 0.156. The van der Waals surface area contributed by atoms with E-state index in [9.17, 15) is 0 Å². The number of fused-ring (bicyclic) bond motifs is 1. The molecule has 1 unspecified atom stereocenters. The summed E-state index contributed by atoms with van der Waals surface area (Å²) in [7, 11) is 0. The standard InChI is InChI=1S/C14H20N4/c1-10-16-8-12-7-13(17-11(2)18(10)12)14(3)5-4-6-15-9-14/h7-8,15H,4-6,9H2,1-3H3. The molecule has 2 aromatic rings. The second-order valence-electron chi connectivity index (χ2n) is 5.60. The van der Waals surface area contributed by atoms with Crippen LogP contribution in [-0.4, -0.2) is 27.5 Å². The highest BCUT2D eigenvalue weighted by atomic mass is 15.1. The fourth-order valence-electron chi connectivity index (χ4n) is 2.97. The van der Waals surface area contributed by atoms with Crippen LogP contribution in [0, 0.1) is 13.8 Å². The molecule has 1 N–H and O–H groups in total. The minimum atomic E-state index is 0.156. The van der Waals surface area contributed by atoms with E-state index in [1.807, 2.05) is 13.1 Å². The molecule has 18 heavy (non-hydrogen) atoms. The van der Waals surface area contributed by atoms with Crippen LogP contribution in [0.2, 0.25) is 0 Å². The molecule has 2 aromatic heterocycles. The third-order valence-corrected chi connectivity index (χ3v) is 4.07. The maximum absolute atomic E-state index is 4.81. The Bertz CT molecular complexity index is 579. The fraction of sp³-hybridized carbons (Fsp3) is 0.571. The van der Waals surface area contributed by atoms with Crippen LogP contribution in [0.25, 0.3) is 5.52 Å². The van der Waals surface area contributed by atoms with Gasteiger partial charge in [0.25, 0.3) is 0 Å². The smallest absolute Gasteiger partial charge is 0.111 e. The lowest BCUT2D eigenvalue weighted by atomic mass is 9.79. The van der Waals surface area contributed by atoms with Crippen LogP contribution >= 0.6 is 0 Å². The van der Waals surface area contributed by atoms with Crippen molar-refractivity contribution >= 4 is 5.52 Å². The van der Waals surface area contributed by atoms with Gasteiger partial charge < -0.3 is 5.32 Å². The highest BCUT2D eigenvalue weighted by Gasteiger charge is 2.30. The predicted molar refractivity (Wildman–Crippen MR) is 71.9 cm³/mol. The van der Waals surface area contributed by atoms with E-state index < -0.39 is 0 Å². The van der Waals surface area contributed by atoms with Crippen molar-refractivity contribution in [3.63, 3.8) is 0 Å². The number of piperidine rings is 1. The number of imidazole rings is 1. The molecule has 1 fully saturated rings. The number of nitrogens with zero attached hydrogens (tertiary/aromatic N) is 3. The molecular weight excluding hydrogens is 224 g/mol. The van der Waals surface area contributed by atoms with E-state index in [0.717, 1.165) is 30.3 Å². The van der Waals surface area contributed by atoms with Gasteiger partial charge in [-0.3, -0.25) is 4.40 Å². The highest BCUT2D eigenvalue weighted by Crippen LogP contribution is 2.30. The molecule has 0 bridgehead atoms. The van der Waals surface area contributed by atoms with Gasteiger partial charge in [0, 0.05) is 12.0 Å². The largest absolute Gasteiger partial charge is 0.316 e. The Morgan fingerprint density at radius 1 is 1.33 bits per heavy atom. The SMILES string of the molecule is Cc1ncc2cc(C3(C)CCCNC3)nc(C)n12. The van der Waals surface area contributed by atoms with Crippen LogP contribution in [0.4, 0.5) is 0 Å². The monoisotopic (exact) mass is 244 g/mol. The topological polar surface area (TPSA) is 42.2 Å². The van der Waals surface area contributed by atoms with E-state index in [-0.39, 0.29) is 5.41 Å². The van der Waals surface area contributed by atoms with Crippen LogP contribution in [-0.2, 0) is 5.41 Å². The van der Waals surface area contributed by atoms with Crippen molar-refractivity contribution in [3.05, 3.63) is 29.6 Å². The summed E-state index contributed by atoms with van der Waals surface area (Å²) in [6.07, 6.45) is 4.36. The molecule has 4 nitrogen and oxygen atoms in total. The zero-order chi connectivity index (χ0) is 12.8. The van der Waals surface area contributed by atoms with Crippen LogP contribution in [0.5, 0.6) is 0 Å². The lowest BCUT2D eigenvalue weighted by Gasteiger charge is -2.33. The fourth-order valence-corrected chi connectivity index (χ4v) is 2.97. The van der Waals surface area contributed by atoms with Crippen molar-refractivity contribution in [2.75, 3.05) is 13.1 Å². The number of rotatable bonds is 1. The average Bonchev–Trinajstić information content (AvgIpc) is 2.72. The zero-order valence-corrected chi connectivity index (χ0v) is 11.3. The second-order valence-corrected chi connectivity index (χ2v) is 5.60. The first-order valence-corrected chi connectivity index (χ1v) is 6.63. The average molecular weight is 244 g/mol. The van der Waals surface area contributed by atoms with Crippen molar-refractivity contribution in [1.29, 1.82) is 0 Å². The Kier molecular flexibility index (Phi) is 2.63. The van der Waals surface area contributed by atoms with Gasteiger partial charge in [0.15, 0.2) is 0 Å². The maximum atomic E-state index is 4.81. The highest BCUT2D eigenvalue weighted by molar-refractivity contribution is 5.49. The number of hydrogen-bond acceptors (Lipinski definition) is 3. The lowest BCUT2D eigenvalue weighted by molar-refractivity contribution is 0.331. The Morgan fingerprint density at radius 3 is 2.89 bits per heavy atom. The number of aromatic nitrogens is 3. The Labute approximate surface area is 107 Å². The Balaban J connectivity index is 2.12. The van der Waals surface area contributed by atoms with Gasteiger partial charge in [-0.05, 0) is 39.3 Å². The van der Waals surface area contributed by atoms with Crippen molar-refractivity contribution in [2.45, 2.75) is 39.0 Å². The molecule has 1 saturated heterocycles. The maximum Gasteiger partial charge on any atom is 0.111 e. The van der Waals surface area contributed by atoms with E-state index in [0.29, 0.717) is 0 Å². The van der Waals surface area contributed by atoms with E-state index in [1.54, 1.807) is 0 Å². The minimum Gasteiger partial charge on any atom is -0.316 e. The van der Waals surface area contributed by atoms with E-state index >= 15 is 0 Å². The molecule has 3 rings (SSSR count). The van der Waals surface area contributed by atoms with Gasteiger partial charge in [-0.25, -0.2) is 9.97 Å². The third kappa shape index (κ3) is 1.72. The summed E-state index contributed by atoms with van der Waals surface area (Å²) in [6.45, 7) is 8.53. The van der Waals surface area contributed by atoms with Gasteiger partial charge in [-0.15, -0.1) is 0 Å². The molecule has 96 valence electrons. The van der Waals surface area contributed by atoms with E-state index in [1.165, 1.54) is 18.5 Å². The first-order chi connectivity index (χ1) is 8.60. The van der Waals surface area contributed by atoms with Gasteiger partial charge in [-0.1, -0.05) is 6.92 Å². The first-order valence-electron chi connectivity index (χ1n) is 6.63. The van der Waals surface area contributed by atoms with Gasteiger partial charge in [0.2, 0.25) is 0 Å². The molecule has 0 aromatic carbocycles. The molecule has 0 aliphatic carbocycles. The third-order valence-electron chi connectivity index (χ3n) is 4.07. The molecule has 0 amide bonds. The number of hydrogen-bond donors (Lipinski definition) is 1. The summed E-state index contributed by atoms with van der Waals surface area (Å²) >= 11 is 0. The van der Waals surface area contributed by atoms with Crippen molar-refractivity contribution in [1.82, 2.24) is 19.7 Å². The van der Waals surface area contributed by atoms with Gasteiger partial charge in [0.05, 0.1) is 17.4 Å². The number of aryl methyl sites for hydroxylation is 2. The molecule has 1 aliphatic heterocycles. The van der Waals surface area contributed by atoms with Crippen molar-refractivity contribution < 1.29 is 0 Å². The summed E-state index contributed by atoms with van der Waals surface area (Å²) in [5.41, 5.74) is 2.50. The molecule has 0 spiro atoms. The van der Waals surface area contributed by atoms with Gasteiger partial charge in [0.1, 0.15) is 11.6 Å². The van der Waals surface area contributed by atoms with Gasteiger partial charge in [-0.2, -0.15) is 0 Å². The molecule has 3 heterocycles. The van der Waals surface area contributed by atoms with Crippen LogP contribution < -0.4 is 5.32 Å². The Morgan fingerprint density at radius 2 is 2.17 bits per heavy atom. The summed E-state index contributed by atoms with van der Waals surface area (Å²) in [6, 6.07) is 2.19. The van der Waals surface area contributed by atoms with E-state index in [2.05, 4.69) is 34.6 Å². The van der Waals surface area contributed by atoms with Crippen LogP contribution in [0.1, 0.15) is 37.1 Å². The molecule has 0 radical (unpaired) electrons. The van der Waals surface area contributed by atoms with E-state index in [4.69, 9.17) is 4.98 Å². The Hall–Kier alpha value is -1.42. The van der Waals surface area contributed by atoms with Gasteiger partial charge >= 0.3 is 0 Å². The summed E-state index contributed by atoms with van der Waals surface area (Å²) < 4.78 is 2.11. The first kappa shape index (κ1) is 11.7. The normalized spacial score (nSPS) is 24.6. The predicted octanol–water partition coefficient (Wildman–Crippen LogP) is 1.99. The number of nitrogens with one attached hydrogen (secondary N) is 1.